The lowest BCUT2D eigenvalue weighted by atomic mass is 10.0. The zero-order valence-electron chi connectivity index (χ0n) is 26.0. The number of carbonyl (C=O) groups excluding carboxylic acids is 2. The fourth-order valence-electron chi connectivity index (χ4n) is 5.85. The molecule has 2 aliphatic rings. The largest absolute Gasteiger partial charge is 0.444 e. The van der Waals surface area contributed by atoms with E-state index >= 15 is 4.39 Å². The number of amides is 2. The normalized spacial score (nSPS) is 17.1. The number of halogens is 1. The molecule has 2 saturated heterocycles. The van der Waals surface area contributed by atoms with Gasteiger partial charge in [0.1, 0.15) is 17.2 Å². The average Bonchev–Trinajstić information content (AvgIpc) is 3.43. The number of benzene rings is 2. The van der Waals surface area contributed by atoms with E-state index in [-0.39, 0.29) is 23.7 Å². The maximum atomic E-state index is 15.1. The number of hydrogen-bond donors (Lipinski definition) is 1. The molecule has 45 heavy (non-hydrogen) atoms. The maximum Gasteiger partial charge on any atom is 0.410 e. The van der Waals surface area contributed by atoms with Crippen molar-refractivity contribution in [1.82, 2.24) is 19.9 Å². The Labute approximate surface area is 261 Å². The molecule has 234 valence electrons. The molecular weight excluding hydrogens is 575 g/mol. The Morgan fingerprint density at radius 3 is 2.62 bits per heavy atom. The molecule has 0 bridgehead atoms. The van der Waals surface area contributed by atoms with E-state index < -0.39 is 11.4 Å². The first-order chi connectivity index (χ1) is 21.6. The van der Waals surface area contributed by atoms with Crippen LogP contribution in [0.15, 0.2) is 54.9 Å². The number of likely N-dealkylation sites (tertiary alicyclic amines) is 1. The highest BCUT2D eigenvalue weighted by Gasteiger charge is 2.29. The fourth-order valence-corrected chi connectivity index (χ4v) is 5.85. The van der Waals surface area contributed by atoms with Crippen LogP contribution < -0.4 is 15.0 Å². The Balaban J connectivity index is 1.27. The summed E-state index contributed by atoms with van der Waals surface area (Å²) in [7, 11) is 0. The Kier molecular flexibility index (Phi) is 8.26. The summed E-state index contributed by atoms with van der Waals surface area (Å²) in [5.41, 5.74) is 1.80. The first-order valence-corrected chi connectivity index (χ1v) is 15.3. The highest BCUT2D eigenvalue weighted by atomic mass is 19.1. The summed E-state index contributed by atoms with van der Waals surface area (Å²) in [6.45, 7) is 9.09. The third kappa shape index (κ3) is 6.52. The van der Waals surface area contributed by atoms with E-state index in [1.165, 1.54) is 11.0 Å². The molecule has 2 aliphatic heterocycles. The number of aryl methyl sites for hydroxylation is 1. The smallest absolute Gasteiger partial charge is 0.410 e. The van der Waals surface area contributed by atoms with Gasteiger partial charge in [0.05, 0.1) is 16.9 Å². The third-order valence-corrected chi connectivity index (χ3v) is 7.92. The van der Waals surface area contributed by atoms with E-state index in [9.17, 15) is 9.59 Å². The first kappa shape index (κ1) is 30.2. The highest BCUT2D eigenvalue weighted by molar-refractivity contribution is 6.07. The van der Waals surface area contributed by atoms with Gasteiger partial charge in [-0.3, -0.25) is 4.79 Å². The average molecular weight is 613 g/mol. The van der Waals surface area contributed by atoms with Crippen molar-refractivity contribution in [1.29, 1.82) is 0 Å². The molecule has 6 rings (SSSR count). The zero-order chi connectivity index (χ0) is 31.7. The van der Waals surface area contributed by atoms with Crippen molar-refractivity contribution in [2.45, 2.75) is 65.0 Å². The molecular formula is C34H37FN6O4. The van der Waals surface area contributed by atoms with Gasteiger partial charge in [-0.15, -0.1) is 0 Å². The van der Waals surface area contributed by atoms with E-state index in [0.29, 0.717) is 72.1 Å². The molecule has 2 fully saturated rings. The van der Waals surface area contributed by atoms with Crippen molar-refractivity contribution in [3.63, 3.8) is 0 Å². The quantitative estimate of drug-likeness (QED) is 0.251. The Morgan fingerprint density at radius 2 is 1.84 bits per heavy atom. The number of piperidine rings is 1. The van der Waals surface area contributed by atoms with Crippen molar-refractivity contribution in [3.8, 4) is 22.9 Å². The van der Waals surface area contributed by atoms with Crippen LogP contribution in [0.1, 0.15) is 52.0 Å². The van der Waals surface area contributed by atoms with Crippen LogP contribution in [0.4, 0.5) is 20.8 Å². The molecule has 0 aliphatic carbocycles. The standard InChI is InChI=1S/C34H37FN6O4/c1-21-11-12-23-24(13-14-26(35)29(23)41-19-7-10-28(41)42)30(21)44-31-25(9-5-16-36-31)27-15-17-37-32(39-27)38-22-8-6-18-40(20-22)33(43)45-34(2,3)4/h5,9,11-17,22H,6-8,10,18-20H2,1-4H3,(H,37,38,39). The Hall–Kier alpha value is -4.80. The zero-order valence-corrected chi connectivity index (χ0v) is 26.0. The molecule has 1 atom stereocenters. The number of fused-ring (bicyclic) bond motifs is 1. The van der Waals surface area contributed by atoms with Crippen molar-refractivity contribution in [2.24, 2.45) is 0 Å². The molecule has 4 heterocycles. The molecule has 4 aromatic rings. The van der Waals surface area contributed by atoms with Gasteiger partial charge < -0.3 is 24.6 Å². The van der Waals surface area contributed by atoms with Crippen LogP contribution in [0, 0.1) is 12.7 Å². The van der Waals surface area contributed by atoms with Crippen molar-refractivity contribution >= 4 is 34.4 Å². The van der Waals surface area contributed by atoms with Crippen molar-refractivity contribution in [2.75, 3.05) is 29.9 Å². The number of nitrogens with zero attached hydrogens (tertiary/aromatic N) is 5. The Morgan fingerprint density at radius 1 is 1.02 bits per heavy atom. The topological polar surface area (TPSA) is 110 Å². The van der Waals surface area contributed by atoms with Crippen LogP contribution >= 0.6 is 0 Å². The number of ether oxygens (including phenoxy) is 2. The summed E-state index contributed by atoms with van der Waals surface area (Å²) in [5, 5.41) is 4.66. The monoisotopic (exact) mass is 612 g/mol. The summed E-state index contributed by atoms with van der Waals surface area (Å²) in [6, 6.07) is 12.2. The second-order valence-corrected chi connectivity index (χ2v) is 12.5. The lowest BCUT2D eigenvalue weighted by Crippen LogP contribution is -2.47. The van der Waals surface area contributed by atoms with Crippen LogP contribution in [0.2, 0.25) is 0 Å². The van der Waals surface area contributed by atoms with Gasteiger partial charge in [-0.1, -0.05) is 12.1 Å². The van der Waals surface area contributed by atoms with Gasteiger partial charge in [0.25, 0.3) is 0 Å². The van der Waals surface area contributed by atoms with Gasteiger partial charge in [-0.2, -0.15) is 0 Å². The van der Waals surface area contributed by atoms with Gasteiger partial charge in [-0.25, -0.2) is 24.1 Å². The fraction of sp³-hybridized carbons (Fsp3) is 0.382. The number of nitrogens with one attached hydrogen (secondary N) is 1. The predicted molar refractivity (Wildman–Crippen MR) is 170 cm³/mol. The van der Waals surface area contributed by atoms with Crippen LogP contribution in [-0.2, 0) is 9.53 Å². The van der Waals surface area contributed by atoms with Gasteiger partial charge in [-0.05, 0) is 82.9 Å². The molecule has 0 saturated carbocycles. The summed E-state index contributed by atoms with van der Waals surface area (Å²) in [6.07, 6.45) is 5.77. The molecule has 1 unspecified atom stereocenters. The van der Waals surface area contributed by atoms with E-state index in [1.54, 1.807) is 35.5 Å². The van der Waals surface area contributed by atoms with Gasteiger partial charge in [0.15, 0.2) is 0 Å². The summed E-state index contributed by atoms with van der Waals surface area (Å²) < 4.78 is 27.2. The summed E-state index contributed by atoms with van der Waals surface area (Å²) >= 11 is 0. The summed E-state index contributed by atoms with van der Waals surface area (Å²) in [5.74, 6) is 0.747. The maximum absolute atomic E-state index is 15.1. The second kappa shape index (κ2) is 12.3. The molecule has 1 N–H and O–H groups in total. The second-order valence-electron chi connectivity index (χ2n) is 12.5. The number of anilines is 2. The van der Waals surface area contributed by atoms with Gasteiger partial charge >= 0.3 is 6.09 Å². The van der Waals surface area contributed by atoms with Crippen molar-refractivity contribution in [3.05, 3.63) is 66.2 Å². The Bertz CT molecular complexity index is 1760. The molecule has 0 spiro atoms. The lowest BCUT2D eigenvalue weighted by molar-refractivity contribution is -0.117. The van der Waals surface area contributed by atoms with E-state index in [4.69, 9.17) is 14.5 Å². The van der Waals surface area contributed by atoms with E-state index in [1.807, 2.05) is 45.9 Å². The van der Waals surface area contributed by atoms with Crippen LogP contribution in [0.5, 0.6) is 11.6 Å². The SMILES string of the molecule is Cc1ccc2c(N3CCCC3=O)c(F)ccc2c1Oc1ncccc1-c1ccnc(NC2CCCN(C(=O)OC(C)(C)C)C2)n1. The van der Waals surface area contributed by atoms with E-state index in [0.717, 1.165) is 18.4 Å². The van der Waals surface area contributed by atoms with Crippen LogP contribution in [0.3, 0.4) is 0 Å². The first-order valence-electron chi connectivity index (χ1n) is 15.3. The molecule has 0 radical (unpaired) electrons. The number of pyridine rings is 1. The minimum Gasteiger partial charge on any atom is -0.444 e. The lowest BCUT2D eigenvalue weighted by Gasteiger charge is -2.34. The number of hydrogen-bond acceptors (Lipinski definition) is 8. The molecule has 2 aromatic carbocycles. The molecule has 10 nitrogen and oxygen atoms in total. The number of rotatable bonds is 6. The van der Waals surface area contributed by atoms with Gasteiger partial charge in [0.2, 0.25) is 17.7 Å². The van der Waals surface area contributed by atoms with Gasteiger partial charge in [0, 0.05) is 55.3 Å². The van der Waals surface area contributed by atoms with Crippen molar-refractivity contribution < 1.29 is 23.5 Å². The number of carbonyl (C=O) groups is 2. The molecule has 11 heteroatoms. The van der Waals surface area contributed by atoms with Crippen LogP contribution in [0.25, 0.3) is 22.0 Å². The van der Waals surface area contributed by atoms with E-state index in [2.05, 4.69) is 15.3 Å². The predicted octanol–water partition coefficient (Wildman–Crippen LogP) is 6.87. The minimum absolute atomic E-state index is 0.0402. The molecule has 2 aromatic heterocycles. The molecule has 2 amide bonds. The third-order valence-electron chi connectivity index (χ3n) is 7.92. The number of aromatic nitrogens is 3. The minimum atomic E-state index is -0.561. The van der Waals surface area contributed by atoms with Crippen LogP contribution in [-0.4, -0.2) is 63.1 Å². The summed E-state index contributed by atoms with van der Waals surface area (Å²) in [4.78, 5) is 42.2. The highest BCUT2D eigenvalue weighted by Crippen LogP contribution is 2.41.